The Morgan fingerprint density at radius 3 is 2.56 bits per heavy atom. The van der Waals surface area contributed by atoms with Crippen LogP contribution in [-0.2, 0) is 28.7 Å². The van der Waals surface area contributed by atoms with Crippen LogP contribution in [0.4, 0.5) is 5.69 Å². The van der Waals surface area contributed by atoms with E-state index in [0.29, 0.717) is 41.4 Å². The summed E-state index contributed by atoms with van der Waals surface area (Å²) in [5, 5.41) is 12.3. The number of unbranched alkanes of at least 4 members (excludes halogenated alkanes) is 2. The van der Waals surface area contributed by atoms with Crippen molar-refractivity contribution in [1.82, 2.24) is 10.2 Å². The van der Waals surface area contributed by atoms with E-state index in [1.165, 1.54) is 0 Å². The molecule has 6 rings (SSSR count). The number of aliphatic hydroxyl groups is 1. The van der Waals surface area contributed by atoms with Crippen molar-refractivity contribution in [2.45, 2.75) is 69.8 Å². The number of halogens is 1. The number of fused-ring (bicyclic) bond motifs is 2. The highest BCUT2D eigenvalue weighted by Gasteiger charge is 2.75. The number of nitrogens with one attached hydrogen (secondary N) is 1. The molecule has 254 valence electrons. The number of aryl methyl sites for hydroxylation is 2. The summed E-state index contributed by atoms with van der Waals surface area (Å²) >= 11 is 3.62. The minimum absolute atomic E-state index is 0.0348. The maximum Gasteiger partial charge on any atom is 0.313 e. The van der Waals surface area contributed by atoms with Gasteiger partial charge in [0.25, 0.3) is 5.91 Å². The van der Waals surface area contributed by atoms with Gasteiger partial charge in [-0.15, -0.1) is 0 Å². The van der Waals surface area contributed by atoms with Crippen LogP contribution < -0.4 is 10.2 Å². The molecule has 0 aliphatic carbocycles. The van der Waals surface area contributed by atoms with E-state index >= 15 is 4.79 Å². The van der Waals surface area contributed by atoms with Crippen LogP contribution in [0.3, 0.4) is 0 Å². The van der Waals surface area contributed by atoms with Gasteiger partial charge in [-0.2, -0.15) is 0 Å². The average Bonchev–Trinajstić information content (AvgIpc) is 3.67. The number of carbonyl (C=O) groups excluding carboxylic acids is 4. The molecule has 11 heteroatoms. The molecular formula is C37H42BrN3O7. The van der Waals surface area contributed by atoms with Crippen LogP contribution >= 0.6 is 15.9 Å². The van der Waals surface area contributed by atoms with Crippen molar-refractivity contribution < 1.29 is 33.8 Å². The number of rotatable bonds is 7. The van der Waals surface area contributed by atoms with Crippen LogP contribution in [-0.4, -0.2) is 77.7 Å². The number of aliphatic hydroxyl groups excluding tert-OH is 1. The maximum absolute atomic E-state index is 15.1. The summed E-state index contributed by atoms with van der Waals surface area (Å²) in [6.07, 6.45) is 6.45. The van der Waals surface area contributed by atoms with E-state index < -0.39 is 41.7 Å². The summed E-state index contributed by atoms with van der Waals surface area (Å²) < 4.78 is 13.4. The smallest absolute Gasteiger partial charge is 0.313 e. The Balaban J connectivity index is 1.45. The molecule has 0 aromatic heterocycles. The summed E-state index contributed by atoms with van der Waals surface area (Å²) in [6.45, 7) is 4.48. The predicted octanol–water partition coefficient (Wildman–Crippen LogP) is 4.42. The zero-order valence-corrected chi connectivity index (χ0v) is 28.9. The van der Waals surface area contributed by atoms with Crippen molar-refractivity contribution >= 4 is 45.3 Å². The quantitative estimate of drug-likeness (QED) is 0.247. The van der Waals surface area contributed by atoms with Crippen molar-refractivity contribution in [2.75, 3.05) is 31.1 Å². The molecule has 1 spiro atoms. The van der Waals surface area contributed by atoms with Crippen molar-refractivity contribution in [1.29, 1.82) is 0 Å². The number of amides is 3. The standard InChI is InChI=1S/C37H42BrN3O7/c1-23-15-16-24(2)27(20-23)40-17-9-4-8-14-29(43)39-22-28(25-12-6-3-7-13-25)47-36(46)30-31-34(44)41(18-10-5-11-19-42)33(35(40)45)37(31)21-26(38)32(30)48-37/h3-4,6-7,9,12-13,15-16,20-21,28,30-33,42H,5,8,10-11,14,17-19,22H2,1-2H3,(H,39,43)/b9-4-/t28-,30-,31+,32-,33-,37+/m0/s1. The Kier molecular flexibility index (Phi) is 10.2. The van der Waals surface area contributed by atoms with Gasteiger partial charge in [0.1, 0.15) is 29.8 Å². The number of esters is 1. The third kappa shape index (κ3) is 6.35. The number of benzene rings is 2. The predicted molar refractivity (Wildman–Crippen MR) is 183 cm³/mol. The van der Waals surface area contributed by atoms with Crippen molar-refractivity contribution in [3.05, 3.63) is 87.9 Å². The van der Waals surface area contributed by atoms with Gasteiger partial charge in [0.15, 0.2) is 0 Å². The van der Waals surface area contributed by atoms with Crippen LogP contribution in [0.5, 0.6) is 0 Å². The third-order valence-corrected chi connectivity index (χ3v) is 10.5. The Morgan fingerprint density at radius 1 is 1.00 bits per heavy atom. The highest BCUT2D eigenvalue weighted by atomic mass is 79.9. The number of nitrogens with zero attached hydrogens (tertiary/aromatic N) is 2. The number of allylic oxidation sites excluding steroid dienone is 1. The Hall–Kier alpha value is -3.80. The van der Waals surface area contributed by atoms with Gasteiger partial charge in [0.05, 0.1) is 12.5 Å². The molecule has 10 nitrogen and oxygen atoms in total. The second kappa shape index (κ2) is 14.4. The number of hydrogen-bond donors (Lipinski definition) is 2. The SMILES string of the molecule is Cc1ccc(C)c(N2C/C=C\CCC(=O)NC[C@@H](c3ccccc3)OC(=O)[C@@H]3[C@H]4O[C@@]5(C=C4Br)[C@H](C2=O)N(CCCCCO)C(=O)[C@@H]35)c1. The zero-order chi connectivity index (χ0) is 34.0. The molecule has 6 atom stereocenters. The molecule has 2 saturated heterocycles. The second-order valence-electron chi connectivity index (χ2n) is 13.0. The molecule has 4 aliphatic rings. The summed E-state index contributed by atoms with van der Waals surface area (Å²) in [6, 6.07) is 14.0. The summed E-state index contributed by atoms with van der Waals surface area (Å²) in [7, 11) is 0. The van der Waals surface area contributed by atoms with E-state index in [0.717, 1.165) is 11.1 Å². The topological polar surface area (TPSA) is 125 Å². The molecule has 2 fully saturated rings. The monoisotopic (exact) mass is 719 g/mol. The minimum Gasteiger partial charge on any atom is -0.455 e. The Bertz CT molecular complexity index is 1630. The van der Waals surface area contributed by atoms with Gasteiger partial charge in [-0.1, -0.05) is 70.5 Å². The molecule has 3 amide bonds. The number of cyclic esters (lactones) is 1. The highest BCUT2D eigenvalue weighted by Crippen LogP contribution is 2.59. The normalized spacial score (nSPS) is 29.8. The Labute approximate surface area is 289 Å². The molecule has 2 aromatic carbocycles. The van der Waals surface area contributed by atoms with Crippen LogP contribution in [0.25, 0.3) is 0 Å². The fraction of sp³-hybridized carbons (Fsp3) is 0.459. The number of likely N-dealkylation sites (tertiary alicyclic amines) is 1. The van der Waals surface area contributed by atoms with Crippen molar-refractivity contribution in [3.63, 3.8) is 0 Å². The van der Waals surface area contributed by atoms with E-state index in [-0.39, 0.29) is 50.4 Å². The molecule has 2 N–H and O–H groups in total. The number of hydrogen-bond acceptors (Lipinski definition) is 7. The maximum atomic E-state index is 15.1. The van der Waals surface area contributed by atoms with Crippen LogP contribution in [0, 0.1) is 25.7 Å². The van der Waals surface area contributed by atoms with Crippen molar-refractivity contribution in [3.8, 4) is 0 Å². The summed E-state index contributed by atoms with van der Waals surface area (Å²) in [5.74, 6) is -3.47. The molecular weight excluding hydrogens is 678 g/mol. The minimum atomic E-state index is -1.40. The lowest BCUT2D eigenvalue weighted by atomic mass is 9.74. The number of ether oxygens (including phenoxy) is 2. The molecule has 4 aliphatic heterocycles. The van der Waals surface area contributed by atoms with E-state index in [2.05, 4.69) is 21.2 Å². The fourth-order valence-electron chi connectivity index (χ4n) is 7.46. The van der Waals surface area contributed by atoms with E-state index in [1.807, 2.05) is 74.5 Å². The second-order valence-corrected chi connectivity index (χ2v) is 13.9. The lowest BCUT2D eigenvalue weighted by Gasteiger charge is -2.36. The number of carbonyl (C=O) groups is 4. The van der Waals surface area contributed by atoms with Gasteiger partial charge < -0.3 is 29.7 Å². The highest BCUT2D eigenvalue weighted by molar-refractivity contribution is 9.11. The van der Waals surface area contributed by atoms with E-state index in [1.54, 1.807) is 15.9 Å². The van der Waals surface area contributed by atoms with Gasteiger partial charge in [-0.3, -0.25) is 19.2 Å². The van der Waals surface area contributed by atoms with Crippen LogP contribution in [0.1, 0.15) is 54.9 Å². The molecule has 5 bridgehead atoms. The fourth-order valence-corrected chi connectivity index (χ4v) is 8.20. The van der Waals surface area contributed by atoms with Crippen LogP contribution in [0.2, 0.25) is 0 Å². The largest absolute Gasteiger partial charge is 0.455 e. The van der Waals surface area contributed by atoms with E-state index in [9.17, 15) is 19.5 Å². The van der Waals surface area contributed by atoms with Gasteiger partial charge in [0.2, 0.25) is 11.8 Å². The zero-order valence-electron chi connectivity index (χ0n) is 27.3. The lowest BCUT2D eigenvalue weighted by molar-refractivity contribution is -0.159. The molecule has 0 saturated carbocycles. The first kappa shape index (κ1) is 34.1. The van der Waals surface area contributed by atoms with Crippen LogP contribution in [0.15, 0.2) is 71.2 Å². The first-order valence-electron chi connectivity index (χ1n) is 16.7. The lowest BCUT2D eigenvalue weighted by Crippen LogP contribution is -2.56. The van der Waals surface area contributed by atoms with Crippen molar-refractivity contribution in [2.24, 2.45) is 11.8 Å². The van der Waals surface area contributed by atoms with Gasteiger partial charge in [-0.25, -0.2) is 0 Å². The van der Waals surface area contributed by atoms with E-state index in [4.69, 9.17) is 9.47 Å². The molecule has 2 aromatic rings. The summed E-state index contributed by atoms with van der Waals surface area (Å²) in [4.78, 5) is 60.0. The first-order valence-corrected chi connectivity index (χ1v) is 17.5. The molecule has 48 heavy (non-hydrogen) atoms. The summed E-state index contributed by atoms with van der Waals surface area (Å²) in [5.41, 5.74) is 1.89. The first-order chi connectivity index (χ1) is 23.2. The average molecular weight is 721 g/mol. The number of anilines is 1. The molecule has 0 unspecified atom stereocenters. The van der Waals surface area contributed by atoms with Gasteiger partial charge >= 0.3 is 5.97 Å². The third-order valence-electron chi connectivity index (χ3n) is 9.82. The van der Waals surface area contributed by atoms with Gasteiger partial charge in [-0.05, 0) is 68.4 Å². The molecule has 0 radical (unpaired) electrons. The Morgan fingerprint density at radius 2 is 1.79 bits per heavy atom. The van der Waals surface area contributed by atoms with Gasteiger partial charge in [0, 0.05) is 36.3 Å². The molecule has 4 heterocycles.